The molecule has 0 aliphatic heterocycles. The van der Waals surface area contributed by atoms with Crippen LogP contribution in [0.5, 0.6) is 0 Å². The summed E-state index contributed by atoms with van der Waals surface area (Å²) in [5.41, 5.74) is -1.77. The fourth-order valence-electron chi connectivity index (χ4n) is 1.98. The molecule has 5 nitrogen and oxygen atoms in total. The summed E-state index contributed by atoms with van der Waals surface area (Å²) >= 11 is 0. The maximum atomic E-state index is 13.7. The Morgan fingerprint density at radius 3 is 2.61 bits per heavy atom. The lowest BCUT2D eigenvalue weighted by atomic mass is 10.1. The molecule has 0 saturated carbocycles. The summed E-state index contributed by atoms with van der Waals surface area (Å²) in [5.74, 6) is -1.18. The van der Waals surface area contributed by atoms with Gasteiger partial charge < -0.3 is 5.32 Å². The quantitative estimate of drug-likeness (QED) is 0.846. The van der Waals surface area contributed by atoms with E-state index in [2.05, 4.69) is 20.5 Å². The van der Waals surface area contributed by atoms with Crippen LogP contribution in [0.25, 0.3) is 0 Å². The van der Waals surface area contributed by atoms with E-state index in [-0.39, 0.29) is 5.82 Å². The minimum absolute atomic E-state index is 0.283. The summed E-state index contributed by atoms with van der Waals surface area (Å²) in [7, 11) is 0. The molecule has 2 N–H and O–H groups in total. The second-order valence-electron chi connectivity index (χ2n) is 4.91. The van der Waals surface area contributed by atoms with Crippen LogP contribution in [-0.2, 0) is 6.18 Å². The van der Waals surface area contributed by atoms with E-state index in [0.717, 1.165) is 0 Å². The molecule has 0 unspecified atom stereocenters. The van der Waals surface area contributed by atoms with Crippen LogP contribution < -0.4 is 5.32 Å². The summed E-state index contributed by atoms with van der Waals surface area (Å²) < 4.78 is 51.7. The van der Waals surface area contributed by atoms with Gasteiger partial charge in [-0.1, -0.05) is 6.92 Å². The topological polar surface area (TPSA) is 70.7 Å². The molecule has 124 valence electrons. The van der Waals surface area contributed by atoms with Crippen molar-refractivity contribution in [3.63, 3.8) is 0 Å². The number of aromatic nitrogens is 3. The molecule has 0 aliphatic carbocycles. The fraction of sp³-hybridized carbons (Fsp3) is 0.357. The molecule has 2 aromatic rings. The molecule has 1 aromatic heterocycles. The first-order valence-electron chi connectivity index (χ1n) is 6.79. The van der Waals surface area contributed by atoms with Crippen molar-refractivity contribution >= 4 is 5.91 Å². The SMILES string of the molecule is CC[C@@H](NC(=O)c1cc(C(F)(F)F)ccc1F)c1n[nH]c(C)n1. The second kappa shape index (κ2) is 6.35. The number of nitrogens with one attached hydrogen (secondary N) is 2. The zero-order valence-corrected chi connectivity index (χ0v) is 12.3. The third-order valence-electron chi connectivity index (χ3n) is 3.18. The molecule has 0 aliphatic rings. The Morgan fingerprint density at radius 2 is 2.09 bits per heavy atom. The molecule has 0 bridgehead atoms. The molecule has 0 spiro atoms. The van der Waals surface area contributed by atoms with Gasteiger partial charge in [0.15, 0.2) is 5.82 Å². The number of alkyl halides is 3. The third kappa shape index (κ3) is 3.85. The van der Waals surface area contributed by atoms with Gasteiger partial charge in [-0.05, 0) is 31.5 Å². The number of hydrogen-bond donors (Lipinski definition) is 2. The molecule has 9 heteroatoms. The van der Waals surface area contributed by atoms with Crippen molar-refractivity contribution in [2.75, 3.05) is 0 Å². The van der Waals surface area contributed by atoms with Crippen molar-refractivity contribution < 1.29 is 22.4 Å². The summed E-state index contributed by atoms with van der Waals surface area (Å²) in [4.78, 5) is 16.2. The number of halogens is 4. The molecule has 2 rings (SSSR count). The maximum absolute atomic E-state index is 13.7. The number of hydrogen-bond acceptors (Lipinski definition) is 3. The minimum Gasteiger partial charge on any atom is -0.342 e. The second-order valence-corrected chi connectivity index (χ2v) is 4.91. The minimum atomic E-state index is -4.66. The summed E-state index contributed by atoms with van der Waals surface area (Å²) in [6.07, 6.45) is -4.27. The van der Waals surface area contributed by atoms with E-state index in [4.69, 9.17) is 0 Å². The van der Waals surface area contributed by atoms with Gasteiger partial charge in [0.25, 0.3) is 5.91 Å². The lowest BCUT2D eigenvalue weighted by molar-refractivity contribution is -0.137. The highest BCUT2D eigenvalue weighted by Crippen LogP contribution is 2.30. The number of aromatic amines is 1. The number of rotatable bonds is 4. The zero-order valence-electron chi connectivity index (χ0n) is 12.3. The number of benzene rings is 1. The Bertz CT molecular complexity index is 711. The Morgan fingerprint density at radius 1 is 1.39 bits per heavy atom. The van der Waals surface area contributed by atoms with Gasteiger partial charge in [-0.2, -0.15) is 18.3 Å². The summed E-state index contributed by atoms with van der Waals surface area (Å²) in [5, 5.41) is 8.93. The standard InChI is InChI=1S/C14H14F4N4O/c1-3-11(12-19-7(2)21-22-12)20-13(23)9-6-8(14(16,17)18)4-5-10(9)15/h4-6,11H,3H2,1-2H3,(H,20,23)(H,19,21,22)/t11-/m1/s1. The average Bonchev–Trinajstić information content (AvgIpc) is 2.90. The lowest BCUT2D eigenvalue weighted by Crippen LogP contribution is -2.30. The zero-order chi connectivity index (χ0) is 17.2. The molecular weight excluding hydrogens is 316 g/mol. The van der Waals surface area contributed by atoms with Crippen LogP contribution in [0.15, 0.2) is 18.2 Å². The number of H-pyrrole nitrogens is 1. The van der Waals surface area contributed by atoms with Crippen molar-refractivity contribution in [3.8, 4) is 0 Å². The van der Waals surface area contributed by atoms with E-state index >= 15 is 0 Å². The monoisotopic (exact) mass is 330 g/mol. The van der Waals surface area contributed by atoms with E-state index in [9.17, 15) is 22.4 Å². The summed E-state index contributed by atoms with van der Waals surface area (Å²) in [6.45, 7) is 3.40. The fourth-order valence-corrected chi connectivity index (χ4v) is 1.98. The van der Waals surface area contributed by atoms with Gasteiger partial charge in [-0.25, -0.2) is 9.37 Å². The number of aryl methyl sites for hydroxylation is 1. The molecule has 1 heterocycles. The van der Waals surface area contributed by atoms with Crippen LogP contribution in [0, 0.1) is 12.7 Å². The Balaban J connectivity index is 2.26. The van der Waals surface area contributed by atoms with Crippen molar-refractivity contribution in [1.29, 1.82) is 0 Å². The molecule has 0 fully saturated rings. The smallest absolute Gasteiger partial charge is 0.342 e. The van der Waals surface area contributed by atoms with Crippen LogP contribution in [0.3, 0.4) is 0 Å². The van der Waals surface area contributed by atoms with Crippen molar-refractivity contribution in [1.82, 2.24) is 20.5 Å². The van der Waals surface area contributed by atoms with Crippen LogP contribution in [0.1, 0.15) is 47.0 Å². The van der Waals surface area contributed by atoms with Gasteiger partial charge in [0.2, 0.25) is 0 Å². The molecule has 0 saturated heterocycles. The molecule has 0 radical (unpaired) electrons. The van der Waals surface area contributed by atoms with E-state index < -0.39 is 35.1 Å². The van der Waals surface area contributed by atoms with Gasteiger partial charge in [0, 0.05) is 0 Å². The van der Waals surface area contributed by atoms with E-state index in [0.29, 0.717) is 30.4 Å². The first kappa shape index (κ1) is 16.9. The van der Waals surface area contributed by atoms with Gasteiger partial charge >= 0.3 is 6.18 Å². The molecular formula is C14H14F4N4O. The highest BCUT2D eigenvalue weighted by Gasteiger charge is 2.32. The average molecular weight is 330 g/mol. The highest BCUT2D eigenvalue weighted by molar-refractivity contribution is 5.94. The molecule has 1 amide bonds. The van der Waals surface area contributed by atoms with Crippen LogP contribution in [0.4, 0.5) is 17.6 Å². The van der Waals surface area contributed by atoms with E-state index in [1.54, 1.807) is 13.8 Å². The lowest BCUT2D eigenvalue weighted by Gasteiger charge is -2.15. The third-order valence-corrected chi connectivity index (χ3v) is 3.18. The molecule has 1 atom stereocenters. The van der Waals surface area contributed by atoms with E-state index in [1.807, 2.05) is 0 Å². The van der Waals surface area contributed by atoms with Gasteiger partial charge in [0.05, 0.1) is 17.2 Å². The largest absolute Gasteiger partial charge is 0.416 e. The van der Waals surface area contributed by atoms with Gasteiger partial charge in [-0.3, -0.25) is 9.89 Å². The first-order chi connectivity index (χ1) is 10.7. The normalized spacial score (nSPS) is 13.0. The first-order valence-corrected chi connectivity index (χ1v) is 6.79. The molecule has 1 aromatic carbocycles. The van der Waals surface area contributed by atoms with E-state index in [1.165, 1.54) is 0 Å². The van der Waals surface area contributed by atoms with Crippen molar-refractivity contribution in [2.24, 2.45) is 0 Å². The van der Waals surface area contributed by atoms with Crippen LogP contribution >= 0.6 is 0 Å². The number of amides is 1. The Kier molecular flexibility index (Phi) is 4.67. The highest BCUT2D eigenvalue weighted by atomic mass is 19.4. The van der Waals surface area contributed by atoms with Crippen molar-refractivity contribution in [2.45, 2.75) is 32.5 Å². The Hall–Kier alpha value is -2.45. The van der Waals surface area contributed by atoms with Crippen LogP contribution in [-0.4, -0.2) is 21.1 Å². The Labute approximate surface area is 129 Å². The van der Waals surface area contributed by atoms with Crippen molar-refractivity contribution in [3.05, 3.63) is 46.8 Å². The number of carbonyl (C=O) groups excluding carboxylic acids is 1. The predicted molar refractivity (Wildman–Crippen MR) is 73.0 cm³/mol. The van der Waals surface area contributed by atoms with Gasteiger partial charge in [0.1, 0.15) is 11.6 Å². The number of carbonyl (C=O) groups is 1. The maximum Gasteiger partial charge on any atom is 0.416 e. The molecule has 23 heavy (non-hydrogen) atoms. The van der Waals surface area contributed by atoms with Gasteiger partial charge in [-0.15, -0.1) is 0 Å². The van der Waals surface area contributed by atoms with Crippen LogP contribution in [0.2, 0.25) is 0 Å². The number of nitrogens with zero attached hydrogens (tertiary/aromatic N) is 2. The predicted octanol–water partition coefficient (Wildman–Crippen LogP) is 3.15. The summed E-state index contributed by atoms with van der Waals surface area (Å²) in [6, 6.07) is 1.06.